The van der Waals surface area contributed by atoms with Gasteiger partial charge in [-0.2, -0.15) is 5.10 Å². The number of hydrogen-bond acceptors (Lipinski definition) is 2. The van der Waals surface area contributed by atoms with Gasteiger partial charge in [-0.3, -0.25) is 9.58 Å². The van der Waals surface area contributed by atoms with Gasteiger partial charge in [-0.25, -0.2) is 0 Å². The van der Waals surface area contributed by atoms with E-state index in [9.17, 15) is 0 Å². The summed E-state index contributed by atoms with van der Waals surface area (Å²) in [7, 11) is 4.26. The molecule has 1 aliphatic carbocycles. The maximum Gasteiger partial charge on any atom is 0.0654 e. The van der Waals surface area contributed by atoms with E-state index in [1.807, 2.05) is 17.9 Å². The van der Waals surface area contributed by atoms with E-state index >= 15 is 0 Å². The first kappa shape index (κ1) is 11.4. The molecule has 0 atom stereocenters. The number of hydrogen-bond donors (Lipinski definition) is 0. The molecule has 0 aromatic carbocycles. The average Bonchev–Trinajstić information content (AvgIpc) is 2.82. The Hall–Kier alpha value is -0.100. The Balaban J connectivity index is 2.01. The normalized spacial score (nSPS) is 17.9. The summed E-state index contributed by atoms with van der Waals surface area (Å²) < 4.78 is 3.27. The zero-order valence-electron chi connectivity index (χ0n) is 9.41. The summed E-state index contributed by atoms with van der Waals surface area (Å²) in [5.74, 6) is 0. The highest BCUT2D eigenvalue weighted by Crippen LogP contribution is 2.24. The molecule has 1 aliphatic rings. The van der Waals surface area contributed by atoms with Crippen LogP contribution >= 0.6 is 22.6 Å². The molecule has 1 saturated carbocycles. The number of rotatable bonds is 3. The first-order chi connectivity index (χ1) is 7.18. The molecular formula is C11H18IN3. The van der Waals surface area contributed by atoms with Crippen molar-refractivity contribution in [2.24, 2.45) is 7.05 Å². The zero-order chi connectivity index (χ0) is 10.8. The predicted octanol–water partition coefficient (Wildman–Crippen LogP) is 2.40. The third-order valence-electron chi connectivity index (χ3n) is 3.36. The first-order valence-corrected chi connectivity index (χ1v) is 6.63. The van der Waals surface area contributed by atoms with Crippen molar-refractivity contribution < 1.29 is 0 Å². The summed E-state index contributed by atoms with van der Waals surface area (Å²) in [4.78, 5) is 2.48. The second-order valence-corrected chi connectivity index (χ2v) is 5.58. The van der Waals surface area contributed by atoms with Crippen LogP contribution in [-0.4, -0.2) is 27.8 Å². The number of nitrogens with zero attached hydrogens (tertiary/aromatic N) is 3. The number of halogens is 1. The summed E-state index contributed by atoms with van der Waals surface area (Å²) in [5.41, 5.74) is 1.34. The minimum absolute atomic E-state index is 0.788. The number of aryl methyl sites for hydroxylation is 1. The van der Waals surface area contributed by atoms with Crippen LogP contribution in [0.2, 0.25) is 0 Å². The zero-order valence-corrected chi connectivity index (χ0v) is 11.6. The van der Waals surface area contributed by atoms with Crippen molar-refractivity contribution in [2.75, 3.05) is 7.05 Å². The Bertz CT molecular complexity index is 309. The maximum atomic E-state index is 4.28. The van der Waals surface area contributed by atoms with E-state index in [4.69, 9.17) is 0 Å². The molecule has 4 heteroatoms. The molecule has 1 aromatic rings. The molecule has 0 radical (unpaired) electrons. The number of aromatic nitrogens is 2. The fourth-order valence-electron chi connectivity index (χ4n) is 2.32. The molecule has 0 amide bonds. The molecule has 84 valence electrons. The SMILES string of the molecule is CN(Cc1c(I)cnn1C)C1CCCC1. The lowest BCUT2D eigenvalue weighted by molar-refractivity contribution is 0.231. The van der Waals surface area contributed by atoms with Gasteiger partial charge in [-0.15, -0.1) is 0 Å². The molecule has 1 heterocycles. The van der Waals surface area contributed by atoms with Gasteiger partial charge in [0, 0.05) is 19.6 Å². The van der Waals surface area contributed by atoms with Crippen LogP contribution < -0.4 is 0 Å². The van der Waals surface area contributed by atoms with Crippen molar-refractivity contribution >= 4 is 22.6 Å². The minimum Gasteiger partial charge on any atom is -0.298 e. The molecule has 3 nitrogen and oxygen atoms in total. The molecule has 0 aliphatic heterocycles. The van der Waals surface area contributed by atoms with Crippen LogP contribution in [-0.2, 0) is 13.6 Å². The lowest BCUT2D eigenvalue weighted by atomic mass is 10.2. The van der Waals surface area contributed by atoms with Crippen LogP contribution in [0.5, 0.6) is 0 Å². The van der Waals surface area contributed by atoms with Gasteiger partial charge in [-0.1, -0.05) is 12.8 Å². The largest absolute Gasteiger partial charge is 0.298 e. The lowest BCUT2D eigenvalue weighted by Gasteiger charge is -2.24. The molecule has 1 fully saturated rings. The van der Waals surface area contributed by atoms with Crippen LogP contribution in [0.4, 0.5) is 0 Å². The summed E-state index contributed by atoms with van der Waals surface area (Å²) in [6.07, 6.45) is 7.48. The van der Waals surface area contributed by atoms with Gasteiger partial charge < -0.3 is 0 Å². The topological polar surface area (TPSA) is 21.1 Å². The fraction of sp³-hybridized carbons (Fsp3) is 0.727. The van der Waals surface area contributed by atoms with Crippen molar-refractivity contribution in [3.05, 3.63) is 15.5 Å². The standard InChI is InChI=1S/C11H18IN3/c1-14(9-5-3-4-6-9)8-11-10(12)7-13-15(11)2/h7,9H,3-6,8H2,1-2H3. The monoisotopic (exact) mass is 319 g/mol. The molecule has 0 N–H and O–H groups in total. The van der Waals surface area contributed by atoms with E-state index in [2.05, 4.69) is 39.6 Å². The van der Waals surface area contributed by atoms with Crippen LogP contribution in [0, 0.1) is 3.57 Å². The molecule has 15 heavy (non-hydrogen) atoms. The summed E-state index contributed by atoms with van der Waals surface area (Å²) in [5, 5.41) is 4.28. The smallest absolute Gasteiger partial charge is 0.0654 e. The van der Waals surface area contributed by atoms with Crippen molar-refractivity contribution in [3.8, 4) is 0 Å². The molecule has 2 rings (SSSR count). The third-order valence-corrected chi connectivity index (χ3v) is 4.26. The molecule has 0 saturated heterocycles. The quantitative estimate of drug-likeness (QED) is 0.798. The van der Waals surface area contributed by atoms with Crippen molar-refractivity contribution in [1.29, 1.82) is 0 Å². The van der Waals surface area contributed by atoms with E-state index < -0.39 is 0 Å². The highest BCUT2D eigenvalue weighted by molar-refractivity contribution is 14.1. The maximum absolute atomic E-state index is 4.28. The van der Waals surface area contributed by atoms with Crippen molar-refractivity contribution in [3.63, 3.8) is 0 Å². The van der Waals surface area contributed by atoms with Gasteiger partial charge in [0.05, 0.1) is 15.5 Å². The van der Waals surface area contributed by atoms with E-state index in [1.165, 1.54) is 34.9 Å². The average molecular weight is 319 g/mol. The van der Waals surface area contributed by atoms with E-state index in [1.54, 1.807) is 0 Å². The van der Waals surface area contributed by atoms with Gasteiger partial charge in [-0.05, 0) is 42.5 Å². The van der Waals surface area contributed by atoms with Gasteiger partial charge >= 0.3 is 0 Å². The van der Waals surface area contributed by atoms with Crippen LogP contribution in [0.15, 0.2) is 6.20 Å². The lowest BCUT2D eigenvalue weighted by Crippen LogP contribution is -2.29. The molecule has 0 spiro atoms. The van der Waals surface area contributed by atoms with Gasteiger partial charge in [0.1, 0.15) is 0 Å². The summed E-state index contributed by atoms with van der Waals surface area (Å²) in [6, 6.07) is 0.788. The Morgan fingerprint density at radius 3 is 2.73 bits per heavy atom. The summed E-state index contributed by atoms with van der Waals surface area (Å²) >= 11 is 2.37. The summed E-state index contributed by atoms with van der Waals surface area (Å²) in [6.45, 7) is 1.03. The van der Waals surface area contributed by atoms with E-state index in [0.717, 1.165) is 12.6 Å². The second kappa shape index (κ2) is 4.82. The molecule has 0 unspecified atom stereocenters. The minimum atomic E-state index is 0.788. The van der Waals surface area contributed by atoms with E-state index in [0.29, 0.717) is 0 Å². The van der Waals surface area contributed by atoms with E-state index in [-0.39, 0.29) is 0 Å². The fourth-order valence-corrected chi connectivity index (χ4v) is 2.97. The van der Waals surface area contributed by atoms with Crippen LogP contribution in [0.1, 0.15) is 31.4 Å². The predicted molar refractivity (Wildman–Crippen MR) is 69.6 cm³/mol. The Labute approximate surface area is 105 Å². The van der Waals surface area contributed by atoms with Crippen LogP contribution in [0.3, 0.4) is 0 Å². The Morgan fingerprint density at radius 1 is 1.53 bits per heavy atom. The van der Waals surface area contributed by atoms with Gasteiger partial charge in [0.25, 0.3) is 0 Å². The van der Waals surface area contributed by atoms with Crippen molar-refractivity contribution in [2.45, 2.75) is 38.3 Å². The van der Waals surface area contributed by atoms with Crippen LogP contribution in [0.25, 0.3) is 0 Å². The Kier molecular flexibility index (Phi) is 3.66. The van der Waals surface area contributed by atoms with Crippen molar-refractivity contribution in [1.82, 2.24) is 14.7 Å². The van der Waals surface area contributed by atoms with Gasteiger partial charge in [0.15, 0.2) is 0 Å². The van der Waals surface area contributed by atoms with Gasteiger partial charge in [0.2, 0.25) is 0 Å². The highest BCUT2D eigenvalue weighted by Gasteiger charge is 2.20. The molecule has 0 bridgehead atoms. The highest BCUT2D eigenvalue weighted by atomic mass is 127. The molecule has 1 aromatic heterocycles. The second-order valence-electron chi connectivity index (χ2n) is 4.42. The third kappa shape index (κ3) is 2.53. The first-order valence-electron chi connectivity index (χ1n) is 5.55. The molecular weight excluding hydrogens is 301 g/mol. The Morgan fingerprint density at radius 2 is 2.20 bits per heavy atom.